The highest BCUT2D eigenvalue weighted by molar-refractivity contribution is 6.10. The molecule has 0 saturated carbocycles. The molecule has 0 aromatic heterocycles. The fourth-order valence-electron chi connectivity index (χ4n) is 1.98. The number of nitriles is 2. The molecule has 21 heavy (non-hydrogen) atoms. The van der Waals surface area contributed by atoms with Crippen LogP contribution in [0.15, 0.2) is 29.4 Å². The lowest BCUT2D eigenvalue weighted by Crippen LogP contribution is -2.41. The van der Waals surface area contributed by atoms with E-state index in [1.807, 2.05) is 12.1 Å². The summed E-state index contributed by atoms with van der Waals surface area (Å²) in [5.74, 6) is 0.00871. The normalized spacial score (nSPS) is 13.8. The minimum atomic E-state index is -0.233. The monoisotopic (exact) mass is 281 g/mol. The molecule has 7 heteroatoms. The number of amides is 1. The van der Waals surface area contributed by atoms with Gasteiger partial charge in [0, 0.05) is 18.4 Å². The van der Waals surface area contributed by atoms with Crippen molar-refractivity contribution in [3.8, 4) is 12.1 Å². The number of hydrogen-bond acceptors (Lipinski definition) is 5. The van der Waals surface area contributed by atoms with E-state index in [0.29, 0.717) is 18.5 Å². The molecule has 0 fully saturated rings. The zero-order chi connectivity index (χ0) is 15.2. The molecule has 0 aliphatic carbocycles. The first-order valence-electron chi connectivity index (χ1n) is 6.27. The molecule has 1 aromatic carbocycles. The summed E-state index contributed by atoms with van der Waals surface area (Å²) >= 11 is 0. The Bertz CT molecular complexity index is 686. The van der Waals surface area contributed by atoms with Crippen molar-refractivity contribution < 1.29 is 9.48 Å². The van der Waals surface area contributed by atoms with Crippen molar-refractivity contribution >= 4 is 23.0 Å². The Kier molecular flexibility index (Phi) is 4.27. The van der Waals surface area contributed by atoms with E-state index in [-0.39, 0.29) is 11.6 Å². The first-order chi connectivity index (χ1) is 10.1. The van der Waals surface area contributed by atoms with Crippen molar-refractivity contribution in [2.45, 2.75) is 12.8 Å². The predicted molar refractivity (Wildman–Crippen MR) is 76.4 cm³/mol. The minimum absolute atomic E-state index is 0.00871. The molecule has 0 spiro atoms. The Labute approximate surface area is 121 Å². The second-order valence-corrected chi connectivity index (χ2v) is 4.41. The van der Waals surface area contributed by atoms with E-state index in [1.54, 1.807) is 36.0 Å². The smallest absolute Gasteiger partial charge is 0.274 e. The summed E-state index contributed by atoms with van der Waals surface area (Å²) in [5, 5.41) is 20.8. The summed E-state index contributed by atoms with van der Waals surface area (Å²) < 4.78 is 1.72. The number of nitrogens with zero attached hydrogens (tertiary/aromatic N) is 4. The molecule has 104 valence electrons. The van der Waals surface area contributed by atoms with Gasteiger partial charge in [-0.2, -0.15) is 15.6 Å². The lowest BCUT2D eigenvalue weighted by molar-refractivity contribution is -0.549. The van der Waals surface area contributed by atoms with E-state index in [9.17, 15) is 4.79 Å². The van der Waals surface area contributed by atoms with Gasteiger partial charge < -0.3 is 0 Å². The van der Waals surface area contributed by atoms with Crippen LogP contribution in [-0.4, -0.2) is 29.1 Å². The second-order valence-electron chi connectivity index (χ2n) is 4.41. The highest BCUT2D eigenvalue weighted by Gasteiger charge is 2.23. The second kappa shape index (κ2) is 6.31. The van der Waals surface area contributed by atoms with E-state index in [4.69, 9.17) is 10.5 Å². The number of rotatable bonds is 3. The quantitative estimate of drug-likeness (QED) is 0.485. The Balaban J connectivity index is 2.15. The molecular formula is C14H13N6O+. The summed E-state index contributed by atoms with van der Waals surface area (Å²) in [6.07, 6.45) is 1.15. The Hall–Kier alpha value is -3.19. The maximum absolute atomic E-state index is 11.3. The van der Waals surface area contributed by atoms with Gasteiger partial charge in [-0.05, 0) is 24.3 Å². The Morgan fingerprint density at radius 3 is 2.52 bits per heavy atom. The van der Waals surface area contributed by atoms with Crippen LogP contribution in [0, 0.1) is 22.7 Å². The van der Waals surface area contributed by atoms with Gasteiger partial charge >= 0.3 is 0 Å². The summed E-state index contributed by atoms with van der Waals surface area (Å²) in [6, 6.07) is 10.7. The predicted octanol–water partition coefficient (Wildman–Crippen LogP) is 0.758. The molecule has 0 bridgehead atoms. The number of hydrazone groups is 2. The number of anilines is 1. The molecule has 2 N–H and O–H groups in total. The molecule has 0 saturated heterocycles. The van der Waals surface area contributed by atoms with Crippen LogP contribution in [0.25, 0.3) is 0 Å². The van der Waals surface area contributed by atoms with Crippen molar-refractivity contribution in [3.05, 3.63) is 29.8 Å². The summed E-state index contributed by atoms with van der Waals surface area (Å²) in [5.41, 5.74) is 7.85. The van der Waals surface area contributed by atoms with Gasteiger partial charge in [0.2, 0.25) is 11.4 Å². The number of nitrogens with one attached hydrogen (secondary N) is 2. The average Bonchev–Trinajstić information content (AvgIpc) is 2.49. The molecule has 0 atom stereocenters. The highest BCUT2D eigenvalue weighted by atomic mass is 16.2. The maximum atomic E-state index is 11.3. The van der Waals surface area contributed by atoms with E-state index in [0.717, 1.165) is 11.3 Å². The van der Waals surface area contributed by atoms with Crippen LogP contribution < -0.4 is 10.9 Å². The van der Waals surface area contributed by atoms with Crippen molar-refractivity contribution in [2.24, 2.45) is 5.10 Å². The van der Waals surface area contributed by atoms with Gasteiger partial charge in [-0.15, -0.1) is 10.1 Å². The lowest BCUT2D eigenvalue weighted by Gasteiger charge is -2.12. The fourth-order valence-corrected chi connectivity index (χ4v) is 1.98. The number of carbonyl (C=O) groups is 1. The molecule has 0 radical (unpaired) electrons. The average molecular weight is 281 g/mol. The third-order valence-corrected chi connectivity index (χ3v) is 3.01. The summed E-state index contributed by atoms with van der Waals surface area (Å²) in [6.45, 7) is 0. The van der Waals surface area contributed by atoms with Crippen molar-refractivity contribution in [1.29, 1.82) is 10.5 Å². The first-order valence-corrected chi connectivity index (χ1v) is 6.27. The number of carbonyl (C=O) groups excluding carboxylic acids is 1. The van der Waals surface area contributed by atoms with E-state index in [2.05, 4.69) is 16.0 Å². The zero-order valence-electron chi connectivity index (χ0n) is 11.4. The van der Waals surface area contributed by atoms with Gasteiger partial charge in [0.1, 0.15) is 12.1 Å². The third-order valence-electron chi connectivity index (χ3n) is 3.01. The molecule has 1 aromatic rings. The third kappa shape index (κ3) is 3.43. The van der Waals surface area contributed by atoms with Crippen molar-refractivity contribution in [3.63, 3.8) is 0 Å². The number of hydrogen-bond donors (Lipinski definition) is 2. The zero-order valence-corrected chi connectivity index (χ0v) is 11.4. The SMILES string of the molecule is C[N+]1=C(c2ccc(NN=C(C#N)C#N)cc2)CCC(=O)N1. The fraction of sp³-hybridized carbons (Fsp3) is 0.214. The van der Waals surface area contributed by atoms with Gasteiger partial charge in [0.15, 0.2) is 7.05 Å². The lowest BCUT2D eigenvalue weighted by atomic mass is 10.0. The Morgan fingerprint density at radius 1 is 1.29 bits per heavy atom. The van der Waals surface area contributed by atoms with Crippen LogP contribution in [0.2, 0.25) is 0 Å². The molecule has 7 nitrogen and oxygen atoms in total. The summed E-state index contributed by atoms with van der Waals surface area (Å²) in [4.78, 5) is 11.3. The molecule has 1 aliphatic heterocycles. The largest absolute Gasteiger partial charge is 0.277 e. The van der Waals surface area contributed by atoms with Gasteiger partial charge in [0.05, 0.1) is 5.69 Å². The van der Waals surface area contributed by atoms with Crippen molar-refractivity contribution in [1.82, 2.24) is 5.43 Å². The topological polar surface area (TPSA) is 104 Å². The van der Waals surface area contributed by atoms with Crippen LogP contribution >= 0.6 is 0 Å². The van der Waals surface area contributed by atoms with Crippen LogP contribution in [-0.2, 0) is 4.79 Å². The van der Waals surface area contributed by atoms with Gasteiger partial charge in [-0.1, -0.05) is 0 Å². The Morgan fingerprint density at radius 2 is 1.95 bits per heavy atom. The molecule has 1 amide bonds. The van der Waals surface area contributed by atoms with E-state index in [1.165, 1.54) is 0 Å². The first kappa shape index (κ1) is 14.2. The standard InChI is InChI=1S/C14H12N6O/c1-20-13(6-7-14(21)19-20)10-2-4-11(5-3-10)17-18-12(8-15)9-16/h2-5H,6-7H2,1H3,(H,19,21)/p+1. The van der Waals surface area contributed by atoms with Crippen LogP contribution in [0.5, 0.6) is 0 Å². The van der Waals surface area contributed by atoms with Gasteiger partial charge in [-0.25, -0.2) is 0 Å². The highest BCUT2D eigenvalue weighted by Crippen LogP contribution is 2.13. The molecule has 2 rings (SSSR count). The van der Waals surface area contributed by atoms with E-state index >= 15 is 0 Å². The molecule has 1 heterocycles. The molecule has 1 aliphatic rings. The van der Waals surface area contributed by atoms with Crippen molar-refractivity contribution in [2.75, 3.05) is 12.5 Å². The van der Waals surface area contributed by atoms with E-state index < -0.39 is 0 Å². The number of benzene rings is 1. The van der Waals surface area contributed by atoms with Gasteiger partial charge in [-0.3, -0.25) is 10.2 Å². The van der Waals surface area contributed by atoms with Crippen LogP contribution in [0.4, 0.5) is 5.69 Å². The molecular weight excluding hydrogens is 268 g/mol. The van der Waals surface area contributed by atoms with Crippen LogP contribution in [0.3, 0.4) is 0 Å². The summed E-state index contributed by atoms with van der Waals surface area (Å²) in [7, 11) is 1.80. The molecule has 0 unspecified atom stereocenters. The minimum Gasteiger partial charge on any atom is -0.277 e. The maximum Gasteiger partial charge on any atom is 0.274 e. The van der Waals surface area contributed by atoms with Gasteiger partial charge in [0.25, 0.3) is 5.91 Å². The number of hydrazine groups is 1. The van der Waals surface area contributed by atoms with Crippen LogP contribution in [0.1, 0.15) is 18.4 Å².